The zero-order chi connectivity index (χ0) is 14.6. The maximum Gasteiger partial charge on any atom is 0.261 e. The van der Waals surface area contributed by atoms with E-state index in [2.05, 4.69) is 14.7 Å². The molecule has 0 aliphatic rings. The first-order valence-corrected chi connectivity index (χ1v) is 7.24. The molecular formula is C13H12N4O2S. The van der Waals surface area contributed by atoms with E-state index < -0.39 is 10.0 Å². The molecule has 1 N–H and O–H groups in total. The summed E-state index contributed by atoms with van der Waals surface area (Å²) in [6.45, 7) is 1.92. The number of anilines is 1. The molecule has 0 atom stereocenters. The maximum absolute atomic E-state index is 12.2. The molecule has 2 rings (SSSR count). The average molecular weight is 288 g/mol. The van der Waals surface area contributed by atoms with Crippen LogP contribution in [0.5, 0.6) is 0 Å². The molecule has 0 aliphatic carbocycles. The van der Waals surface area contributed by atoms with Crippen molar-refractivity contribution in [1.82, 2.24) is 0 Å². The molecule has 0 saturated carbocycles. The van der Waals surface area contributed by atoms with Crippen LogP contribution in [0.2, 0.25) is 0 Å². The predicted octanol–water partition coefficient (Wildman–Crippen LogP) is 3.74. The van der Waals surface area contributed by atoms with Gasteiger partial charge in [-0.1, -0.05) is 34.9 Å². The van der Waals surface area contributed by atoms with Crippen molar-refractivity contribution in [2.45, 2.75) is 11.8 Å². The standard InChI is InChI=1S/C13H12N4O2S/c1-10-5-7-11(8-6-10)16-20(18,19)13-4-2-3-12(9-13)15-17-14/h2-9,16H,1H3. The van der Waals surface area contributed by atoms with Crippen LogP contribution in [0.4, 0.5) is 11.4 Å². The van der Waals surface area contributed by atoms with Gasteiger partial charge in [0.1, 0.15) is 0 Å². The van der Waals surface area contributed by atoms with E-state index in [4.69, 9.17) is 5.53 Å². The lowest BCUT2D eigenvalue weighted by molar-refractivity contribution is 0.601. The zero-order valence-corrected chi connectivity index (χ0v) is 11.5. The molecule has 0 amide bonds. The van der Waals surface area contributed by atoms with Gasteiger partial charge in [-0.05, 0) is 36.7 Å². The average Bonchev–Trinajstić information content (AvgIpc) is 2.42. The van der Waals surface area contributed by atoms with Crippen LogP contribution in [0.1, 0.15) is 5.56 Å². The molecule has 0 bridgehead atoms. The molecule has 20 heavy (non-hydrogen) atoms. The minimum atomic E-state index is -3.70. The number of azide groups is 1. The summed E-state index contributed by atoms with van der Waals surface area (Å²) >= 11 is 0. The van der Waals surface area contributed by atoms with Gasteiger partial charge in [0, 0.05) is 16.3 Å². The lowest BCUT2D eigenvalue weighted by atomic mass is 10.2. The fourth-order valence-corrected chi connectivity index (χ4v) is 2.70. The van der Waals surface area contributed by atoms with E-state index in [1.54, 1.807) is 12.1 Å². The van der Waals surface area contributed by atoms with Gasteiger partial charge < -0.3 is 0 Å². The third-order valence-electron chi connectivity index (χ3n) is 2.59. The minimum Gasteiger partial charge on any atom is -0.280 e. The first-order valence-electron chi connectivity index (χ1n) is 5.76. The normalized spacial score (nSPS) is 10.7. The molecule has 0 unspecified atom stereocenters. The van der Waals surface area contributed by atoms with Crippen LogP contribution in [0.25, 0.3) is 10.4 Å². The van der Waals surface area contributed by atoms with Crippen LogP contribution < -0.4 is 4.72 Å². The maximum atomic E-state index is 12.2. The lowest BCUT2D eigenvalue weighted by Crippen LogP contribution is -2.12. The van der Waals surface area contributed by atoms with Gasteiger partial charge >= 0.3 is 0 Å². The Hall–Kier alpha value is -2.50. The van der Waals surface area contributed by atoms with Crippen LogP contribution in [-0.2, 0) is 10.0 Å². The Morgan fingerprint density at radius 3 is 2.50 bits per heavy atom. The van der Waals surface area contributed by atoms with E-state index in [9.17, 15) is 8.42 Å². The van der Waals surface area contributed by atoms with Crippen molar-refractivity contribution in [3.05, 3.63) is 64.5 Å². The van der Waals surface area contributed by atoms with Gasteiger partial charge in [-0.15, -0.1) is 0 Å². The number of aryl methyl sites for hydroxylation is 1. The fourth-order valence-electron chi connectivity index (χ4n) is 1.60. The van der Waals surface area contributed by atoms with Crippen molar-refractivity contribution in [3.63, 3.8) is 0 Å². The molecule has 2 aromatic rings. The molecule has 2 aromatic carbocycles. The Labute approximate surface area is 116 Å². The molecule has 0 spiro atoms. The van der Waals surface area contributed by atoms with Gasteiger partial charge in [0.25, 0.3) is 10.0 Å². The largest absolute Gasteiger partial charge is 0.280 e. The van der Waals surface area contributed by atoms with Crippen molar-refractivity contribution in [2.24, 2.45) is 5.11 Å². The van der Waals surface area contributed by atoms with E-state index in [1.807, 2.05) is 19.1 Å². The van der Waals surface area contributed by atoms with Gasteiger partial charge in [0.15, 0.2) is 0 Å². The number of sulfonamides is 1. The van der Waals surface area contributed by atoms with Gasteiger partial charge in [-0.2, -0.15) is 0 Å². The summed E-state index contributed by atoms with van der Waals surface area (Å²) in [7, 11) is -3.70. The van der Waals surface area contributed by atoms with E-state index in [0.717, 1.165) is 5.56 Å². The molecule has 0 fully saturated rings. The van der Waals surface area contributed by atoms with Crippen molar-refractivity contribution in [1.29, 1.82) is 0 Å². The Balaban J connectivity index is 2.32. The molecule has 0 radical (unpaired) electrons. The number of benzene rings is 2. The topological polar surface area (TPSA) is 94.9 Å². The van der Waals surface area contributed by atoms with E-state index >= 15 is 0 Å². The predicted molar refractivity (Wildman–Crippen MR) is 77.2 cm³/mol. The summed E-state index contributed by atoms with van der Waals surface area (Å²) in [5, 5.41) is 3.39. The zero-order valence-electron chi connectivity index (χ0n) is 10.7. The third kappa shape index (κ3) is 3.28. The number of nitrogens with zero attached hydrogens (tertiary/aromatic N) is 3. The van der Waals surface area contributed by atoms with Crippen molar-refractivity contribution in [3.8, 4) is 0 Å². The van der Waals surface area contributed by atoms with Gasteiger partial charge in [0.05, 0.1) is 4.90 Å². The Kier molecular flexibility index (Phi) is 3.93. The molecule has 0 aromatic heterocycles. The Morgan fingerprint density at radius 1 is 1.15 bits per heavy atom. The second-order valence-corrected chi connectivity index (χ2v) is 5.84. The first kappa shape index (κ1) is 13.9. The summed E-state index contributed by atoms with van der Waals surface area (Å²) in [6, 6.07) is 12.8. The highest BCUT2D eigenvalue weighted by molar-refractivity contribution is 7.92. The van der Waals surface area contributed by atoms with Crippen molar-refractivity contribution >= 4 is 21.4 Å². The highest BCUT2D eigenvalue weighted by Crippen LogP contribution is 2.21. The van der Waals surface area contributed by atoms with E-state index in [-0.39, 0.29) is 10.6 Å². The fraction of sp³-hybridized carbons (Fsp3) is 0.0769. The van der Waals surface area contributed by atoms with Crippen LogP contribution in [0.3, 0.4) is 0 Å². The highest BCUT2D eigenvalue weighted by atomic mass is 32.2. The SMILES string of the molecule is Cc1ccc(NS(=O)(=O)c2cccc(N=[N+]=[N-])c2)cc1. The first-order chi connectivity index (χ1) is 9.51. The van der Waals surface area contributed by atoms with Crippen LogP contribution in [0, 0.1) is 6.92 Å². The second kappa shape index (κ2) is 5.64. The van der Waals surface area contributed by atoms with Crippen molar-refractivity contribution < 1.29 is 8.42 Å². The monoisotopic (exact) mass is 288 g/mol. The van der Waals surface area contributed by atoms with Gasteiger partial charge in [-0.25, -0.2) is 8.42 Å². The molecular weight excluding hydrogens is 276 g/mol. The van der Waals surface area contributed by atoms with Crippen molar-refractivity contribution in [2.75, 3.05) is 4.72 Å². The van der Waals surface area contributed by atoms with Crippen LogP contribution in [0.15, 0.2) is 58.5 Å². The summed E-state index contributed by atoms with van der Waals surface area (Å²) in [6.07, 6.45) is 0. The van der Waals surface area contributed by atoms with Crippen LogP contribution >= 0.6 is 0 Å². The molecule has 7 heteroatoms. The molecule has 6 nitrogen and oxygen atoms in total. The molecule has 0 aliphatic heterocycles. The summed E-state index contributed by atoms with van der Waals surface area (Å²) < 4.78 is 26.9. The number of hydrogen-bond acceptors (Lipinski definition) is 3. The summed E-state index contributed by atoms with van der Waals surface area (Å²) in [5.74, 6) is 0. The van der Waals surface area contributed by atoms with E-state index in [0.29, 0.717) is 5.69 Å². The Bertz CT molecular complexity index is 763. The summed E-state index contributed by atoms with van der Waals surface area (Å²) in [4.78, 5) is 2.68. The second-order valence-electron chi connectivity index (χ2n) is 4.16. The number of rotatable bonds is 4. The molecule has 0 heterocycles. The number of nitrogens with one attached hydrogen (secondary N) is 1. The van der Waals surface area contributed by atoms with Crippen LogP contribution in [-0.4, -0.2) is 8.42 Å². The molecule has 0 saturated heterocycles. The minimum absolute atomic E-state index is 0.0444. The Morgan fingerprint density at radius 2 is 1.85 bits per heavy atom. The lowest BCUT2D eigenvalue weighted by Gasteiger charge is -2.08. The number of hydrogen-bond donors (Lipinski definition) is 1. The van der Waals surface area contributed by atoms with E-state index in [1.165, 1.54) is 24.3 Å². The molecule has 102 valence electrons. The van der Waals surface area contributed by atoms with Gasteiger partial charge in [0.2, 0.25) is 0 Å². The third-order valence-corrected chi connectivity index (χ3v) is 3.97. The quantitative estimate of drug-likeness (QED) is 0.527. The smallest absolute Gasteiger partial charge is 0.261 e. The highest BCUT2D eigenvalue weighted by Gasteiger charge is 2.14. The summed E-state index contributed by atoms with van der Waals surface area (Å²) in [5.41, 5.74) is 10.1. The van der Waals surface area contributed by atoms with Gasteiger partial charge in [-0.3, -0.25) is 4.72 Å².